The summed E-state index contributed by atoms with van der Waals surface area (Å²) in [6.45, 7) is 2.17. The van der Waals surface area contributed by atoms with Crippen molar-refractivity contribution in [1.82, 2.24) is 9.80 Å². The van der Waals surface area contributed by atoms with E-state index in [0.717, 1.165) is 6.42 Å². The van der Waals surface area contributed by atoms with E-state index in [-0.39, 0.29) is 24.4 Å². The lowest BCUT2D eigenvalue weighted by atomic mass is 10.1. The van der Waals surface area contributed by atoms with Gasteiger partial charge in [-0.05, 0) is 30.7 Å². The molecule has 1 unspecified atom stereocenters. The van der Waals surface area contributed by atoms with Gasteiger partial charge < -0.3 is 19.6 Å². The molecule has 0 aromatic carbocycles. The number of carboxylic acids is 1. The van der Waals surface area contributed by atoms with Crippen molar-refractivity contribution in [3.8, 4) is 5.75 Å². The normalized spacial score (nSPS) is 17.9. The minimum absolute atomic E-state index is 0.0740. The minimum atomic E-state index is -1.02. The Morgan fingerprint density at radius 1 is 1.38 bits per heavy atom. The number of nitrogens with zero attached hydrogens (tertiary/aromatic N) is 2. The third-order valence-electron chi connectivity index (χ3n) is 4.18. The summed E-state index contributed by atoms with van der Waals surface area (Å²) in [4.78, 5) is 39.1. The maximum absolute atomic E-state index is 12.7. The first kappa shape index (κ1) is 18.3. The molecule has 1 aromatic heterocycles. The van der Waals surface area contributed by atoms with Crippen molar-refractivity contribution in [1.29, 1.82) is 0 Å². The Morgan fingerprint density at radius 2 is 2.12 bits per heavy atom. The highest BCUT2D eigenvalue weighted by Gasteiger charge is 2.29. The summed E-state index contributed by atoms with van der Waals surface area (Å²) in [6, 6.07) is 1.62. The lowest BCUT2D eigenvalue weighted by Gasteiger charge is -2.28. The molecule has 0 spiro atoms. The first-order valence-corrected chi connectivity index (χ1v) is 8.71. The molecule has 7 nitrogen and oxygen atoms in total. The van der Waals surface area contributed by atoms with Crippen LogP contribution in [-0.2, 0) is 9.59 Å². The molecule has 8 heteroatoms. The summed E-state index contributed by atoms with van der Waals surface area (Å²) in [5.41, 5.74) is 0. The highest BCUT2D eigenvalue weighted by atomic mass is 32.1. The van der Waals surface area contributed by atoms with Gasteiger partial charge in [0.1, 0.15) is 17.2 Å². The minimum Gasteiger partial charge on any atom is -0.495 e. The predicted molar refractivity (Wildman–Crippen MR) is 89.4 cm³/mol. The van der Waals surface area contributed by atoms with Crippen molar-refractivity contribution in [2.75, 3.05) is 26.7 Å². The number of carbonyl (C=O) groups is 3. The van der Waals surface area contributed by atoms with Crippen molar-refractivity contribution in [3.63, 3.8) is 0 Å². The SMILES string of the molecule is COc1ccsc1C(=O)N1CCCC(N(CC(=O)O)C(C)=O)CC1. The van der Waals surface area contributed by atoms with Crippen LogP contribution in [0.1, 0.15) is 35.9 Å². The molecule has 1 N–H and O–H groups in total. The second-order valence-electron chi connectivity index (χ2n) is 5.74. The summed E-state index contributed by atoms with van der Waals surface area (Å²) >= 11 is 1.34. The maximum atomic E-state index is 12.7. The number of amides is 2. The molecule has 2 amide bonds. The van der Waals surface area contributed by atoms with Crippen LogP contribution < -0.4 is 4.74 Å². The van der Waals surface area contributed by atoms with Gasteiger partial charge in [-0.3, -0.25) is 14.4 Å². The largest absolute Gasteiger partial charge is 0.495 e. The summed E-state index contributed by atoms with van der Waals surface area (Å²) in [5, 5.41) is 10.8. The number of thiophene rings is 1. The Labute approximate surface area is 144 Å². The van der Waals surface area contributed by atoms with Crippen LogP contribution in [0.3, 0.4) is 0 Å². The molecule has 1 aliphatic heterocycles. The van der Waals surface area contributed by atoms with E-state index in [9.17, 15) is 14.4 Å². The molecule has 0 aliphatic carbocycles. The average molecular weight is 354 g/mol. The number of carboxylic acid groups (broad SMARTS) is 1. The summed E-state index contributed by atoms with van der Waals surface area (Å²) in [7, 11) is 1.54. The van der Waals surface area contributed by atoms with Gasteiger partial charge in [0.05, 0.1) is 7.11 Å². The number of rotatable bonds is 5. The molecule has 0 bridgehead atoms. The molecule has 1 aromatic rings. The second-order valence-corrected chi connectivity index (χ2v) is 6.65. The summed E-state index contributed by atoms with van der Waals surface area (Å²) in [5.74, 6) is -0.773. The van der Waals surface area contributed by atoms with Gasteiger partial charge >= 0.3 is 5.97 Å². The molecule has 2 heterocycles. The van der Waals surface area contributed by atoms with Gasteiger partial charge in [-0.1, -0.05) is 0 Å². The zero-order chi connectivity index (χ0) is 17.7. The van der Waals surface area contributed by atoms with Crippen LogP contribution in [0.5, 0.6) is 5.75 Å². The van der Waals surface area contributed by atoms with E-state index in [1.165, 1.54) is 30.3 Å². The maximum Gasteiger partial charge on any atom is 0.323 e. The average Bonchev–Trinajstić information content (AvgIpc) is 2.88. The van der Waals surface area contributed by atoms with E-state index in [4.69, 9.17) is 9.84 Å². The van der Waals surface area contributed by atoms with Crippen molar-refractivity contribution in [3.05, 3.63) is 16.3 Å². The van der Waals surface area contributed by atoms with E-state index in [2.05, 4.69) is 0 Å². The van der Waals surface area contributed by atoms with E-state index < -0.39 is 5.97 Å². The fourth-order valence-electron chi connectivity index (χ4n) is 2.99. The van der Waals surface area contributed by atoms with Gasteiger partial charge in [0.2, 0.25) is 5.91 Å². The monoisotopic (exact) mass is 354 g/mol. The zero-order valence-corrected chi connectivity index (χ0v) is 14.7. The predicted octanol–water partition coefficient (Wildman–Crippen LogP) is 1.68. The number of likely N-dealkylation sites (tertiary alicyclic amines) is 1. The van der Waals surface area contributed by atoms with Crippen molar-refractivity contribution >= 4 is 29.1 Å². The Morgan fingerprint density at radius 3 is 2.75 bits per heavy atom. The number of carbonyl (C=O) groups excluding carboxylic acids is 2. The molecule has 132 valence electrons. The molecule has 0 saturated carbocycles. The summed E-state index contributed by atoms with van der Waals surface area (Å²) < 4.78 is 5.21. The number of aliphatic carboxylic acids is 1. The fourth-order valence-corrected chi connectivity index (χ4v) is 3.82. The van der Waals surface area contributed by atoms with Gasteiger partial charge in [0.15, 0.2) is 0 Å². The van der Waals surface area contributed by atoms with E-state index in [1.807, 2.05) is 5.38 Å². The Kier molecular flexibility index (Phi) is 6.19. The third-order valence-corrected chi connectivity index (χ3v) is 5.06. The third kappa shape index (κ3) is 4.25. The number of hydrogen-bond donors (Lipinski definition) is 1. The number of methoxy groups -OCH3 is 1. The first-order chi connectivity index (χ1) is 11.4. The van der Waals surface area contributed by atoms with E-state index in [0.29, 0.717) is 36.6 Å². The Balaban J connectivity index is 2.05. The molecule has 1 fully saturated rings. The topological polar surface area (TPSA) is 87.2 Å². The highest BCUT2D eigenvalue weighted by molar-refractivity contribution is 7.12. The first-order valence-electron chi connectivity index (χ1n) is 7.83. The zero-order valence-electron chi connectivity index (χ0n) is 13.9. The molecular formula is C16H22N2O5S. The molecule has 1 saturated heterocycles. The molecular weight excluding hydrogens is 332 g/mol. The highest BCUT2D eigenvalue weighted by Crippen LogP contribution is 2.27. The van der Waals surface area contributed by atoms with Crippen LogP contribution in [0.25, 0.3) is 0 Å². The molecule has 24 heavy (non-hydrogen) atoms. The molecule has 0 radical (unpaired) electrons. The second kappa shape index (κ2) is 8.14. The van der Waals surface area contributed by atoms with Crippen molar-refractivity contribution < 1.29 is 24.2 Å². The smallest absolute Gasteiger partial charge is 0.323 e. The lowest BCUT2D eigenvalue weighted by molar-refractivity contribution is -0.145. The Bertz CT molecular complexity index is 615. The van der Waals surface area contributed by atoms with Crippen LogP contribution in [0, 0.1) is 0 Å². The summed E-state index contributed by atoms with van der Waals surface area (Å²) in [6.07, 6.45) is 2.00. The molecule has 1 aliphatic rings. The van der Waals surface area contributed by atoms with Gasteiger partial charge in [-0.2, -0.15) is 0 Å². The van der Waals surface area contributed by atoms with Crippen LogP contribution in [-0.4, -0.2) is 65.5 Å². The van der Waals surface area contributed by atoms with Gasteiger partial charge in [-0.15, -0.1) is 11.3 Å². The number of hydrogen-bond acceptors (Lipinski definition) is 5. The molecule has 1 atom stereocenters. The fraction of sp³-hybridized carbons (Fsp3) is 0.562. The molecule has 2 rings (SSSR count). The van der Waals surface area contributed by atoms with E-state index in [1.54, 1.807) is 11.0 Å². The van der Waals surface area contributed by atoms with Gasteiger partial charge in [-0.25, -0.2) is 0 Å². The van der Waals surface area contributed by atoms with Crippen LogP contribution in [0.4, 0.5) is 0 Å². The quantitative estimate of drug-likeness (QED) is 0.869. The van der Waals surface area contributed by atoms with Crippen LogP contribution in [0.15, 0.2) is 11.4 Å². The van der Waals surface area contributed by atoms with Gasteiger partial charge in [0, 0.05) is 26.1 Å². The van der Waals surface area contributed by atoms with E-state index >= 15 is 0 Å². The van der Waals surface area contributed by atoms with Crippen molar-refractivity contribution in [2.24, 2.45) is 0 Å². The number of ether oxygens (including phenoxy) is 1. The standard InChI is InChI=1S/C16H22N2O5S/c1-11(19)18(10-14(20)21)12-4-3-7-17(8-5-12)16(22)15-13(23-2)6-9-24-15/h6,9,12H,3-5,7-8,10H2,1-2H3,(H,20,21). The van der Waals surface area contributed by atoms with Gasteiger partial charge in [0.25, 0.3) is 5.91 Å². The lowest BCUT2D eigenvalue weighted by Crippen LogP contribution is -2.43. The van der Waals surface area contributed by atoms with Crippen LogP contribution in [0.2, 0.25) is 0 Å². The van der Waals surface area contributed by atoms with Crippen molar-refractivity contribution in [2.45, 2.75) is 32.2 Å². The van der Waals surface area contributed by atoms with Crippen LogP contribution >= 0.6 is 11.3 Å². The Hall–Kier alpha value is -2.09.